The maximum Gasteiger partial charge on any atom is 0.339 e. The minimum Gasteiger partial charge on any atom is -0.496 e. The Labute approximate surface area is 170 Å². The Hall–Kier alpha value is -2.94. The SMILES string of the molecule is CCCN1CCN(c2ccc(S(=O)(=O)Oc3cc(OC)cc(OC)c3)cc2)C1=O. The lowest BCUT2D eigenvalue weighted by Gasteiger charge is -2.18. The Morgan fingerprint density at radius 3 is 2.07 bits per heavy atom. The van der Waals surface area contributed by atoms with Gasteiger partial charge in [-0.05, 0) is 30.7 Å². The normalized spacial score (nSPS) is 14.2. The van der Waals surface area contributed by atoms with Crippen molar-refractivity contribution in [3.63, 3.8) is 0 Å². The molecule has 1 aliphatic rings. The van der Waals surface area contributed by atoms with Gasteiger partial charge in [0.2, 0.25) is 0 Å². The Morgan fingerprint density at radius 1 is 0.931 bits per heavy atom. The van der Waals surface area contributed by atoms with E-state index < -0.39 is 10.1 Å². The van der Waals surface area contributed by atoms with Crippen LogP contribution in [0, 0.1) is 0 Å². The average molecular weight is 420 g/mol. The molecule has 0 spiro atoms. The predicted octanol–water partition coefficient (Wildman–Crippen LogP) is 3.12. The van der Waals surface area contributed by atoms with E-state index in [9.17, 15) is 13.2 Å². The van der Waals surface area contributed by atoms with E-state index in [2.05, 4.69) is 0 Å². The van der Waals surface area contributed by atoms with E-state index in [4.69, 9.17) is 13.7 Å². The smallest absolute Gasteiger partial charge is 0.339 e. The molecule has 3 rings (SSSR count). The van der Waals surface area contributed by atoms with Crippen molar-refractivity contribution in [2.75, 3.05) is 38.8 Å². The largest absolute Gasteiger partial charge is 0.496 e. The molecule has 29 heavy (non-hydrogen) atoms. The Morgan fingerprint density at radius 2 is 1.52 bits per heavy atom. The fourth-order valence-corrected chi connectivity index (χ4v) is 4.01. The third-order valence-electron chi connectivity index (χ3n) is 4.56. The zero-order valence-electron chi connectivity index (χ0n) is 16.6. The van der Waals surface area contributed by atoms with Crippen LogP contribution in [-0.4, -0.2) is 53.2 Å². The number of carbonyl (C=O) groups excluding carboxylic acids is 1. The molecule has 0 N–H and O–H groups in total. The summed E-state index contributed by atoms with van der Waals surface area (Å²) in [7, 11) is -1.13. The molecule has 0 aliphatic carbocycles. The fraction of sp³-hybridized carbons (Fsp3) is 0.350. The maximum atomic E-state index is 12.6. The topological polar surface area (TPSA) is 85.4 Å². The summed E-state index contributed by atoms with van der Waals surface area (Å²) in [6.07, 6.45) is 0.892. The first-order valence-electron chi connectivity index (χ1n) is 9.22. The Kier molecular flexibility index (Phi) is 6.17. The first-order chi connectivity index (χ1) is 13.9. The van der Waals surface area contributed by atoms with Gasteiger partial charge in [0.05, 0.1) is 14.2 Å². The highest BCUT2D eigenvalue weighted by Crippen LogP contribution is 2.30. The zero-order chi connectivity index (χ0) is 21.0. The van der Waals surface area contributed by atoms with Crippen LogP contribution in [0.5, 0.6) is 17.2 Å². The molecule has 9 heteroatoms. The van der Waals surface area contributed by atoms with E-state index in [0.29, 0.717) is 36.8 Å². The molecular formula is C20H24N2O6S. The van der Waals surface area contributed by atoms with Crippen LogP contribution < -0.4 is 18.6 Å². The number of methoxy groups -OCH3 is 2. The third kappa shape index (κ3) is 4.56. The quantitative estimate of drug-likeness (QED) is 0.610. The summed E-state index contributed by atoms with van der Waals surface area (Å²) >= 11 is 0. The monoisotopic (exact) mass is 420 g/mol. The number of anilines is 1. The molecule has 2 aromatic carbocycles. The highest BCUT2D eigenvalue weighted by atomic mass is 32.2. The van der Waals surface area contributed by atoms with Gasteiger partial charge in [0, 0.05) is 43.5 Å². The number of ether oxygens (including phenoxy) is 2. The van der Waals surface area contributed by atoms with Gasteiger partial charge < -0.3 is 18.6 Å². The average Bonchev–Trinajstić information content (AvgIpc) is 3.08. The molecule has 2 aromatic rings. The maximum absolute atomic E-state index is 12.6. The van der Waals surface area contributed by atoms with E-state index in [1.807, 2.05) is 6.92 Å². The molecule has 1 heterocycles. The predicted molar refractivity (Wildman–Crippen MR) is 108 cm³/mol. The summed E-state index contributed by atoms with van der Waals surface area (Å²) in [6, 6.07) is 10.5. The van der Waals surface area contributed by atoms with Gasteiger partial charge in [0.15, 0.2) is 0 Å². The molecule has 0 bridgehead atoms. The number of carbonyl (C=O) groups is 1. The zero-order valence-corrected chi connectivity index (χ0v) is 17.4. The second kappa shape index (κ2) is 8.60. The summed E-state index contributed by atoms with van der Waals surface area (Å²) in [6.45, 7) is 3.96. The number of rotatable bonds is 8. The van der Waals surface area contributed by atoms with Gasteiger partial charge in [-0.25, -0.2) is 4.79 Å². The lowest BCUT2D eigenvalue weighted by molar-refractivity contribution is 0.220. The highest BCUT2D eigenvalue weighted by Gasteiger charge is 2.29. The molecule has 1 aliphatic heterocycles. The van der Waals surface area contributed by atoms with Crippen LogP contribution in [0.1, 0.15) is 13.3 Å². The van der Waals surface area contributed by atoms with E-state index in [0.717, 1.165) is 6.42 Å². The van der Waals surface area contributed by atoms with Crippen molar-refractivity contribution < 1.29 is 26.9 Å². The number of hydrogen-bond donors (Lipinski definition) is 0. The van der Waals surface area contributed by atoms with Crippen LogP contribution in [0.4, 0.5) is 10.5 Å². The number of hydrogen-bond acceptors (Lipinski definition) is 6. The second-order valence-corrected chi connectivity index (χ2v) is 8.05. The summed E-state index contributed by atoms with van der Waals surface area (Å²) < 4.78 is 40.8. The van der Waals surface area contributed by atoms with Crippen LogP contribution >= 0.6 is 0 Å². The minimum absolute atomic E-state index is 0.0138. The van der Waals surface area contributed by atoms with Gasteiger partial charge in [0.25, 0.3) is 0 Å². The van der Waals surface area contributed by atoms with Crippen molar-refractivity contribution in [2.45, 2.75) is 18.2 Å². The van der Waals surface area contributed by atoms with Crippen molar-refractivity contribution in [3.05, 3.63) is 42.5 Å². The Balaban J connectivity index is 1.78. The molecule has 156 valence electrons. The number of amides is 2. The summed E-state index contributed by atoms with van der Waals surface area (Å²) in [5, 5.41) is 0. The summed E-state index contributed by atoms with van der Waals surface area (Å²) in [5.74, 6) is 0.901. The van der Waals surface area contributed by atoms with Gasteiger partial charge >= 0.3 is 16.1 Å². The molecule has 8 nitrogen and oxygen atoms in total. The number of benzene rings is 2. The highest BCUT2D eigenvalue weighted by molar-refractivity contribution is 7.87. The molecule has 0 radical (unpaired) electrons. The van der Waals surface area contributed by atoms with Crippen molar-refractivity contribution >= 4 is 21.8 Å². The van der Waals surface area contributed by atoms with Crippen LogP contribution in [-0.2, 0) is 10.1 Å². The molecular weight excluding hydrogens is 396 g/mol. The van der Waals surface area contributed by atoms with Crippen LogP contribution in [0.2, 0.25) is 0 Å². The fourth-order valence-electron chi connectivity index (χ4n) is 3.10. The first kappa shape index (κ1) is 20.8. The van der Waals surface area contributed by atoms with Crippen LogP contribution in [0.15, 0.2) is 47.4 Å². The van der Waals surface area contributed by atoms with E-state index in [1.165, 1.54) is 38.5 Å². The van der Waals surface area contributed by atoms with Crippen LogP contribution in [0.25, 0.3) is 0 Å². The van der Waals surface area contributed by atoms with Gasteiger partial charge in [-0.1, -0.05) is 6.92 Å². The third-order valence-corrected chi connectivity index (χ3v) is 5.82. The van der Waals surface area contributed by atoms with Gasteiger partial charge in [-0.3, -0.25) is 4.90 Å². The van der Waals surface area contributed by atoms with Gasteiger partial charge in [-0.2, -0.15) is 8.42 Å². The van der Waals surface area contributed by atoms with Gasteiger partial charge in [0.1, 0.15) is 22.1 Å². The van der Waals surface area contributed by atoms with Crippen molar-refractivity contribution in [1.29, 1.82) is 0 Å². The Bertz CT molecular complexity index is 953. The van der Waals surface area contributed by atoms with E-state index >= 15 is 0 Å². The summed E-state index contributed by atoms with van der Waals surface area (Å²) in [4.78, 5) is 15.8. The van der Waals surface area contributed by atoms with E-state index in [-0.39, 0.29) is 16.7 Å². The van der Waals surface area contributed by atoms with Crippen molar-refractivity contribution in [3.8, 4) is 17.2 Å². The molecule has 0 aromatic heterocycles. The molecule has 1 fully saturated rings. The van der Waals surface area contributed by atoms with Crippen molar-refractivity contribution in [1.82, 2.24) is 4.90 Å². The molecule has 0 unspecified atom stereocenters. The lowest BCUT2D eigenvalue weighted by Crippen LogP contribution is -2.32. The molecule has 1 saturated heterocycles. The van der Waals surface area contributed by atoms with E-state index in [1.54, 1.807) is 28.0 Å². The second-order valence-electron chi connectivity index (χ2n) is 6.50. The standard InChI is InChI=1S/C20H24N2O6S/c1-4-9-21-10-11-22(20(21)23)15-5-7-19(8-6-15)29(24,25)28-18-13-16(26-2)12-17(14-18)27-3/h5-8,12-14H,4,9-11H2,1-3H3. The van der Waals surface area contributed by atoms with Gasteiger partial charge in [-0.15, -0.1) is 0 Å². The summed E-state index contributed by atoms with van der Waals surface area (Å²) in [5.41, 5.74) is 0.649. The van der Waals surface area contributed by atoms with Crippen molar-refractivity contribution in [2.24, 2.45) is 0 Å². The first-order valence-corrected chi connectivity index (χ1v) is 10.6. The number of urea groups is 1. The molecule has 0 saturated carbocycles. The number of nitrogens with zero attached hydrogens (tertiary/aromatic N) is 2. The van der Waals surface area contributed by atoms with Crippen LogP contribution in [0.3, 0.4) is 0 Å². The molecule has 0 atom stereocenters. The lowest BCUT2D eigenvalue weighted by atomic mass is 10.3. The molecule has 2 amide bonds. The minimum atomic E-state index is -4.06.